The minimum atomic E-state index is -0.967. The van der Waals surface area contributed by atoms with Crippen LogP contribution in [-0.4, -0.2) is 52.9 Å². The number of hydrogen-bond donors (Lipinski definition) is 2. The van der Waals surface area contributed by atoms with E-state index < -0.39 is 29.8 Å². The van der Waals surface area contributed by atoms with Gasteiger partial charge in [-0.15, -0.1) is 0 Å². The molecule has 1 saturated carbocycles. The summed E-state index contributed by atoms with van der Waals surface area (Å²) in [7, 11) is 0. The summed E-state index contributed by atoms with van der Waals surface area (Å²) >= 11 is 1.26. The quantitative estimate of drug-likeness (QED) is 0.467. The maximum Gasteiger partial charge on any atom is 0.329 e. The van der Waals surface area contributed by atoms with Crippen LogP contribution in [-0.2, 0) is 23.9 Å². The Morgan fingerprint density at radius 3 is 2.78 bits per heavy atom. The number of carboxylic acid groups (broad SMARTS) is 1. The summed E-state index contributed by atoms with van der Waals surface area (Å²) < 4.78 is 4.91. The maximum absolute atomic E-state index is 11.8. The summed E-state index contributed by atoms with van der Waals surface area (Å²) in [5.74, 6) is -2.67. The van der Waals surface area contributed by atoms with Gasteiger partial charge >= 0.3 is 11.9 Å². The van der Waals surface area contributed by atoms with Gasteiger partial charge in [0.25, 0.3) is 0 Å². The molecule has 1 rings (SSSR count). The minimum absolute atomic E-state index is 0.0434. The molecule has 1 fully saturated rings. The van der Waals surface area contributed by atoms with Crippen molar-refractivity contribution in [1.82, 2.24) is 5.32 Å². The third-order valence-corrected chi connectivity index (χ3v) is 4.67. The number of carboxylic acids is 1. The van der Waals surface area contributed by atoms with Crippen LogP contribution < -0.4 is 5.32 Å². The molecule has 0 saturated heterocycles. The van der Waals surface area contributed by atoms with Gasteiger partial charge in [0, 0.05) is 30.8 Å². The van der Waals surface area contributed by atoms with E-state index in [9.17, 15) is 19.2 Å². The summed E-state index contributed by atoms with van der Waals surface area (Å²) in [4.78, 5) is 45.9. The van der Waals surface area contributed by atoms with Crippen LogP contribution in [0.3, 0.4) is 0 Å². The number of carbonyl (C=O) groups excluding carboxylic acids is 3. The molecule has 1 aliphatic rings. The number of rotatable bonds is 9. The van der Waals surface area contributed by atoms with E-state index in [0.29, 0.717) is 12.2 Å². The fraction of sp³-hybridized carbons (Fsp3) is 0.600. The molecule has 1 amide bonds. The molecule has 8 heteroatoms. The smallest absolute Gasteiger partial charge is 0.329 e. The van der Waals surface area contributed by atoms with Crippen molar-refractivity contribution in [1.29, 1.82) is 0 Å². The standard InChI is InChI=1S/C15H21NO6S/c1-3-6-22-15(21)12(16-9(2)17)8-23-7-11-10(14(19)20)4-5-13(11)18/h3,10-12H,1,4-8H2,2H3,(H,16,17)(H,19,20)/t10-,11+,12?/m0/s1. The first-order valence-corrected chi connectivity index (χ1v) is 8.40. The second kappa shape index (κ2) is 9.34. The molecule has 1 aliphatic carbocycles. The molecular weight excluding hydrogens is 322 g/mol. The molecule has 0 aromatic carbocycles. The summed E-state index contributed by atoms with van der Waals surface area (Å²) in [6.45, 7) is 4.77. The Morgan fingerprint density at radius 2 is 2.22 bits per heavy atom. The summed E-state index contributed by atoms with van der Waals surface area (Å²) in [6.07, 6.45) is 2.05. The SMILES string of the molecule is C=CCOC(=O)C(CSC[C@H]1C(=O)CC[C@@H]1C(=O)O)NC(C)=O. The highest BCUT2D eigenvalue weighted by molar-refractivity contribution is 7.99. The summed E-state index contributed by atoms with van der Waals surface area (Å²) in [5, 5.41) is 11.6. The van der Waals surface area contributed by atoms with Gasteiger partial charge in [-0.05, 0) is 6.42 Å². The highest BCUT2D eigenvalue weighted by Crippen LogP contribution is 2.31. The van der Waals surface area contributed by atoms with E-state index >= 15 is 0 Å². The van der Waals surface area contributed by atoms with Gasteiger partial charge in [-0.2, -0.15) is 11.8 Å². The van der Waals surface area contributed by atoms with Gasteiger partial charge in [-0.25, -0.2) is 4.79 Å². The van der Waals surface area contributed by atoms with Gasteiger partial charge in [0.15, 0.2) is 0 Å². The van der Waals surface area contributed by atoms with E-state index in [1.54, 1.807) is 0 Å². The number of ketones is 1. The molecule has 23 heavy (non-hydrogen) atoms. The van der Waals surface area contributed by atoms with Crippen molar-refractivity contribution in [3.63, 3.8) is 0 Å². The lowest BCUT2D eigenvalue weighted by atomic mass is 9.98. The predicted octanol–water partition coefficient (Wildman–Crippen LogP) is 0.633. The van der Waals surface area contributed by atoms with Gasteiger partial charge in [0.05, 0.1) is 5.92 Å². The lowest BCUT2D eigenvalue weighted by Gasteiger charge is -2.18. The number of aliphatic carboxylic acids is 1. The molecule has 1 unspecified atom stereocenters. The van der Waals surface area contributed by atoms with Crippen LogP contribution in [0.2, 0.25) is 0 Å². The van der Waals surface area contributed by atoms with Crippen molar-refractivity contribution in [2.24, 2.45) is 11.8 Å². The Morgan fingerprint density at radius 1 is 1.52 bits per heavy atom. The number of thioether (sulfide) groups is 1. The molecule has 128 valence electrons. The van der Waals surface area contributed by atoms with Gasteiger partial charge in [-0.1, -0.05) is 12.7 Å². The first kappa shape index (κ1) is 19.2. The van der Waals surface area contributed by atoms with Crippen LogP contribution in [0.15, 0.2) is 12.7 Å². The number of amides is 1. The van der Waals surface area contributed by atoms with E-state index in [-0.39, 0.29) is 30.5 Å². The average Bonchev–Trinajstić information content (AvgIpc) is 2.84. The molecule has 0 aromatic heterocycles. The van der Waals surface area contributed by atoms with Gasteiger partial charge in [-0.3, -0.25) is 14.4 Å². The van der Waals surface area contributed by atoms with Crippen molar-refractivity contribution >= 4 is 35.4 Å². The van der Waals surface area contributed by atoms with E-state index in [2.05, 4.69) is 11.9 Å². The van der Waals surface area contributed by atoms with Crippen LogP contribution in [0.25, 0.3) is 0 Å². The Bertz CT molecular complexity index is 492. The van der Waals surface area contributed by atoms with Crippen molar-refractivity contribution in [2.75, 3.05) is 18.1 Å². The Hall–Kier alpha value is -1.83. The topological polar surface area (TPSA) is 110 Å². The van der Waals surface area contributed by atoms with Crippen LogP contribution >= 0.6 is 11.8 Å². The Balaban J connectivity index is 2.55. The number of esters is 1. The number of carbonyl (C=O) groups is 4. The van der Waals surface area contributed by atoms with Crippen LogP contribution in [0.4, 0.5) is 0 Å². The van der Waals surface area contributed by atoms with E-state index in [4.69, 9.17) is 9.84 Å². The highest BCUT2D eigenvalue weighted by Gasteiger charge is 2.39. The second-order valence-corrected chi connectivity index (χ2v) is 6.34. The Labute approximate surface area is 138 Å². The van der Waals surface area contributed by atoms with Crippen molar-refractivity contribution in [3.05, 3.63) is 12.7 Å². The van der Waals surface area contributed by atoms with E-state index in [1.165, 1.54) is 24.8 Å². The fourth-order valence-corrected chi connectivity index (χ4v) is 3.65. The molecule has 7 nitrogen and oxygen atoms in total. The maximum atomic E-state index is 11.8. The molecule has 0 aromatic rings. The van der Waals surface area contributed by atoms with Gasteiger partial charge in [0.2, 0.25) is 5.91 Å². The first-order chi connectivity index (χ1) is 10.9. The third-order valence-electron chi connectivity index (χ3n) is 3.51. The highest BCUT2D eigenvalue weighted by atomic mass is 32.2. The van der Waals surface area contributed by atoms with Crippen molar-refractivity contribution in [3.8, 4) is 0 Å². The zero-order valence-electron chi connectivity index (χ0n) is 12.9. The molecule has 3 atom stereocenters. The van der Waals surface area contributed by atoms with E-state index in [0.717, 1.165) is 0 Å². The number of ether oxygens (including phenoxy) is 1. The molecule has 2 N–H and O–H groups in total. The average molecular weight is 343 g/mol. The monoisotopic (exact) mass is 343 g/mol. The van der Waals surface area contributed by atoms with Crippen LogP contribution in [0, 0.1) is 11.8 Å². The Kier molecular flexibility index (Phi) is 7.80. The first-order valence-electron chi connectivity index (χ1n) is 7.24. The number of hydrogen-bond acceptors (Lipinski definition) is 6. The number of Topliss-reactive ketones (excluding diaryl/α,β-unsaturated/α-hetero) is 1. The lowest BCUT2D eigenvalue weighted by molar-refractivity contribution is -0.146. The fourth-order valence-electron chi connectivity index (χ4n) is 2.38. The van der Waals surface area contributed by atoms with Crippen molar-refractivity contribution < 1.29 is 29.0 Å². The van der Waals surface area contributed by atoms with Gasteiger partial charge < -0.3 is 15.2 Å². The van der Waals surface area contributed by atoms with Crippen LogP contribution in [0.1, 0.15) is 19.8 Å². The molecule has 0 spiro atoms. The summed E-state index contributed by atoms with van der Waals surface area (Å²) in [5.41, 5.74) is 0. The third kappa shape index (κ3) is 6.05. The zero-order chi connectivity index (χ0) is 17.4. The molecular formula is C15H21NO6S. The van der Waals surface area contributed by atoms with Crippen LogP contribution in [0.5, 0.6) is 0 Å². The largest absolute Gasteiger partial charge is 0.481 e. The minimum Gasteiger partial charge on any atom is -0.481 e. The summed E-state index contributed by atoms with van der Waals surface area (Å²) in [6, 6.07) is -0.836. The number of nitrogens with one attached hydrogen (secondary N) is 1. The zero-order valence-corrected chi connectivity index (χ0v) is 13.8. The molecule has 0 radical (unpaired) electrons. The molecule has 0 aliphatic heterocycles. The normalized spacial score (nSPS) is 21.5. The lowest BCUT2D eigenvalue weighted by Crippen LogP contribution is -2.43. The second-order valence-electron chi connectivity index (χ2n) is 5.27. The van der Waals surface area contributed by atoms with Gasteiger partial charge in [0.1, 0.15) is 18.4 Å². The predicted molar refractivity (Wildman–Crippen MR) is 84.9 cm³/mol. The molecule has 0 bridgehead atoms. The molecule has 0 heterocycles. The van der Waals surface area contributed by atoms with Crippen molar-refractivity contribution in [2.45, 2.75) is 25.8 Å². The van der Waals surface area contributed by atoms with E-state index in [1.807, 2.05) is 0 Å².